The van der Waals surface area contributed by atoms with Gasteiger partial charge < -0.3 is 0 Å². The maximum Gasteiger partial charge on any atom is 0.262 e. The van der Waals surface area contributed by atoms with Gasteiger partial charge in [-0.25, -0.2) is 9.47 Å². The number of hydrogen-bond donors (Lipinski definition) is 0. The maximum atomic E-state index is 4.17. The molecule has 1 aromatic heterocycles. The van der Waals surface area contributed by atoms with E-state index in [1.54, 1.807) is 12.5 Å². The lowest BCUT2D eigenvalue weighted by atomic mass is 10.4. The number of nitrogens with zero attached hydrogens (tertiary/aromatic N) is 4. The summed E-state index contributed by atoms with van der Waals surface area (Å²) in [5.74, 6) is 0.958. The first-order valence-electron chi connectivity index (χ1n) is 3.39. The van der Waals surface area contributed by atoms with Crippen molar-refractivity contribution in [3.63, 3.8) is 0 Å². The van der Waals surface area contributed by atoms with E-state index in [9.17, 15) is 0 Å². The number of fused-ring (bicyclic) bond motifs is 1. The Morgan fingerprint density at radius 2 is 2.18 bits per heavy atom. The molecule has 0 aliphatic carbocycles. The molecule has 1 aliphatic heterocycles. The van der Waals surface area contributed by atoms with Crippen LogP contribution in [0.25, 0.3) is 0 Å². The van der Waals surface area contributed by atoms with Crippen molar-refractivity contribution in [2.45, 2.75) is 0 Å². The average Bonchev–Trinajstić information content (AvgIpc) is 2.29. The monoisotopic (exact) mass is 149 g/mol. The van der Waals surface area contributed by atoms with Crippen LogP contribution in [0.2, 0.25) is 0 Å². The van der Waals surface area contributed by atoms with E-state index in [0.717, 1.165) is 11.5 Å². The van der Waals surface area contributed by atoms with E-state index in [1.165, 1.54) is 0 Å². The Hall–Kier alpha value is -1.29. The molecule has 0 amide bonds. The van der Waals surface area contributed by atoms with Gasteiger partial charge in [0.2, 0.25) is 0 Å². The van der Waals surface area contributed by atoms with Gasteiger partial charge in [0.15, 0.2) is 12.0 Å². The number of aromatic nitrogens is 2. The summed E-state index contributed by atoms with van der Waals surface area (Å²) in [6.45, 7) is 0. The van der Waals surface area contributed by atoms with Gasteiger partial charge >= 0.3 is 0 Å². The molecule has 4 nitrogen and oxygen atoms in total. The van der Waals surface area contributed by atoms with Gasteiger partial charge in [-0.3, -0.25) is 0 Å². The lowest BCUT2D eigenvalue weighted by Crippen LogP contribution is -2.36. The molecule has 2 heterocycles. The first-order valence-corrected chi connectivity index (χ1v) is 3.39. The van der Waals surface area contributed by atoms with Crippen LogP contribution < -0.4 is 4.48 Å². The molecule has 0 unspecified atom stereocenters. The number of aliphatic imine (C=N–C) groups is 1. The van der Waals surface area contributed by atoms with Crippen LogP contribution in [-0.4, -0.2) is 30.4 Å². The molecule has 0 aromatic carbocycles. The molecule has 0 saturated heterocycles. The van der Waals surface area contributed by atoms with Crippen LogP contribution in [0.5, 0.6) is 0 Å². The SMILES string of the molecule is C[N+]1(C)C=Nc2cncnc21. The lowest BCUT2D eigenvalue weighted by Gasteiger charge is -2.16. The number of hydrogen-bond acceptors (Lipinski definition) is 3. The third kappa shape index (κ3) is 0.832. The topological polar surface area (TPSA) is 38.1 Å². The van der Waals surface area contributed by atoms with Crippen LogP contribution in [0, 0.1) is 0 Å². The van der Waals surface area contributed by atoms with Crippen LogP contribution in [0.1, 0.15) is 0 Å². The summed E-state index contributed by atoms with van der Waals surface area (Å²) in [5.41, 5.74) is 0.873. The van der Waals surface area contributed by atoms with E-state index < -0.39 is 0 Å². The van der Waals surface area contributed by atoms with Crippen LogP contribution in [0.4, 0.5) is 11.5 Å². The van der Waals surface area contributed by atoms with Gasteiger partial charge in [-0.15, -0.1) is 0 Å². The minimum Gasteiger partial charge on any atom is -0.242 e. The zero-order valence-corrected chi connectivity index (χ0v) is 6.52. The van der Waals surface area contributed by atoms with Crippen LogP contribution >= 0.6 is 0 Å². The first kappa shape index (κ1) is 6.42. The van der Waals surface area contributed by atoms with Crippen molar-refractivity contribution in [3.05, 3.63) is 12.5 Å². The predicted molar refractivity (Wildman–Crippen MR) is 43.8 cm³/mol. The summed E-state index contributed by atoms with van der Waals surface area (Å²) in [7, 11) is 4.06. The predicted octanol–water partition coefficient (Wildman–Crippen LogP) is 0.717. The van der Waals surface area contributed by atoms with Gasteiger partial charge in [0.1, 0.15) is 6.33 Å². The molecule has 2 rings (SSSR count). The summed E-state index contributed by atoms with van der Waals surface area (Å²) in [4.78, 5) is 12.2. The van der Waals surface area contributed by atoms with Gasteiger partial charge in [-0.1, -0.05) is 0 Å². The normalized spacial score (nSPS) is 18.4. The van der Waals surface area contributed by atoms with Crippen molar-refractivity contribution in [2.24, 2.45) is 4.99 Å². The quantitative estimate of drug-likeness (QED) is 0.510. The Bertz CT molecular complexity index is 316. The zero-order chi connectivity index (χ0) is 7.90. The molecular formula is C7H9N4+. The summed E-state index contributed by atoms with van der Waals surface area (Å²) in [6, 6.07) is 0. The second-order valence-electron chi connectivity index (χ2n) is 3.02. The minimum absolute atomic E-state index is 0.609. The van der Waals surface area contributed by atoms with Gasteiger partial charge in [0, 0.05) is 0 Å². The minimum atomic E-state index is 0.609. The molecule has 0 radical (unpaired) electrons. The Kier molecular flexibility index (Phi) is 1.08. The third-order valence-corrected chi connectivity index (χ3v) is 1.70. The van der Waals surface area contributed by atoms with Crippen molar-refractivity contribution >= 4 is 17.8 Å². The van der Waals surface area contributed by atoms with Crippen molar-refractivity contribution in [1.29, 1.82) is 0 Å². The Labute approximate surface area is 64.8 Å². The molecule has 4 heteroatoms. The molecule has 11 heavy (non-hydrogen) atoms. The summed E-state index contributed by atoms with van der Waals surface area (Å²) < 4.78 is 0.609. The van der Waals surface area contributed by atoms with Crippen LogP contribution in [-0.2, 0) is 0 Å². The Morgan fingerprint density at radius 1 is 1.36 bits per heavy atom. The molecule has 56 valence electrons. The molecule has 0 bridgehead atoms. The van der Waals surface area contributed by atoms with Crippen molar-refractivity contribution in [2.75, 3.05) is 14.1 Å². The van der Waals surface area contributed by atoms with E-state index in [-0.39, 0.29) is 0 Å². The third-order valence-electron chi connectivity index (χ3n) is 1.70. The summed E-state index contributed by atoms with van der Waals surface area (Å²) >= 11 is 0. The summed E-state index contributed by atoms with van der Waals surface area (Å²) in [6.07, 6.45) is 5.12. The van der Waals surface area contributed by atoms with E-state index in [4.69, 9.17) is 0 Å². The highest BCUT2D eigenvalue weighted by Gasteiger charge is 2.28. The van der Waals surface area contributed by atoms with Crippen LogP contribution in [0.15, 0.2) is 17.5 Å². The van der Waals surface area contributed by atoms with Gasteiger partial charge in [0.25, 0.3) is 5.82 Å². The smallest absolute Gasteiger partial charge is 0.242 e. The molecule has 0 fully saturated rings. The second kappa shape index (κ2) is 1.85. The van der Waals surface area contributed by atoms with E-state index in [0.29, 0.717) is 4.48 Å². The van der Waals surface area contributed by atoms with E-state index in [1.807, 2.05) is 20.4 Å². The summed E-state index contributed by atoms with van der Waals surface area (Å²) in [5, 5.41) is 0. The molecule has 1 aromatic rings. The Balaban J connectivity index is 2.64. The highest BCUT2D eigenvalue weighted by molar-refractivity contribution is 5.85. The van der Waals surface area contributed by atoms with Gasteiger partial charge in [-0.2, -0.15) is 9.98 Å². The van der Waals surface area contributed by atoms with Gasteiger partial charge in [0.05, 0.1) is 20.3 Å². The average molecular weight is 149 g/mol. The highest BCUT2D eigenvalue weighted by Crippen LogP contribution is 2.31. The van der Waals surface area contributed by atoms with Crippen molar-refractivity contribution in [3.8, 4) is 0 Å². The molecule has 1 aliphatic rings. The fraction of sp³-hybridized carbons (Fsp3) is 0.286. The van der Waals surface area contributed by atoms with Gasteiger partial charge in [-0.05, 0) is 0 Å². The lowest BCUT2D eigenvalue weighted by molar-refractivity contribution is 0.606. The molecule has 0 spiro atoms. The molecule has 0 saturated carbocycles. The molecule has 0 atom stereocenters. The molecule has 0 N–H and O–H groups in total. The maximum absolute atomic E-state index is 4.17. The highest BCUT2D eigenvalue weighted by atomic mass is 15.4. The van der Waals surface area contributed by atoms with E-state index >= 15 is 0 Å². The fourth-order valence-electron chi connectivity index (χ4n) is 1.11. The fourth-order valence-corrected chi connectivity index (χ4v) is 1.11. The zero-order valence-electron chi connectivity index (χ0n) is 6.52. The van der Waals surface area contributed by atoms with Crippen molar-refractivity contribution in [1.82, 2.24) is 14.5 Å². The second-order valence-corrected chi connectivity index (χ2v) is 3.02. The van der Waals surface area contributed by atoms with Crippen LogP contribution in [0.3, 0.4) is 0 Å². The largest absolute Gasteiger partial charge is 0.262 e. The number of rotatable bonds is 0. The van der Waals surface area contributed by atoms with E-state index in [2.05, 4.69) is 15.0 Å². The number of quaternary nitrogens is 1. The molecular weight excluding hydrogens is 140 g/mol. The van der Waals surface area contributed by atoms with Crippen molar-refractivity contribution < 1.29 is 0 Å². The first-order chi connectivity index (χ1) is 5.20. The standard InChI is InChI=1S/C7H9N4/c1-11(2)5-10-6-3-8-4-9-7(6)11/h3-5H,1-2H3/q+1. The Morgan fingerprint density at radius 3 is 2.91 bits per heavy atom.